The maximum absolute atomic E-state index is 6.11. The Morgan fingerprint density at radius 3 is 2.80 bits per heavy atom. The van der Waals surface area contributed by atoms with Crippen molar-refractivity contribution < 1.29 is 0 Å². The molecule has 104 valence electrons. The van der Waals surface area contributed by atoms with Crippen LogP contribution in [0, 0.1) is 0 Å². The quantitative estimate of drug-likeness (QED) is 0.694. The van der Waals surface area contributed by atoms with E-state index in [-0.39, 0.29) is 0 Å². The average Bonchev–Trinajstić information content (AvgIpc) is 2.96. The SMILES string of the molecule is Cn1nccc1Cn1c(CCCl)nc2ccc(Cl)cc21. The van der Waals surface area contributed by atoms with Crippen molar-refractivity contribution >= 4 is 34.2 Å². The number of fused-ring (bicyclic) bond motifs is 1. The van der Waals surface area contributed by atoms with Gasteiger partial charge in [-0.15, -0.1) is 11.6 Å². The van der Waals surface area contributed by atoms with Crippen LogP contribution in [0.15, 0.2) is 30.5 Å². The number of rotatable bonds is 4. The second-order valence-corrected chi connectivity index (χ2v) is 5.45. The van der Waals surface area contributed by atoms with Crippen LogP contribution in [0.5, 0.6) is 0 Å². The Kier molecular flexibility index (Phi) is 3.68. The molecule has 2 aromatic heterocycles. The van der Waals surface area contributed by atoms with Crippen molar-refractivity contribution in [2.45, 2.75) is 13.0 Å². The summed E-state index contributed by atoms with van der Waals surface area (Å²) in [7, 11) is 1.93. The molecule has 3 aromatic rings. The minimum absolute atomic E-state index is 0.544. The number of imidazole rings is 1. The van der Waals surface area contributed by atoms with Crippen LogP contribution < -0.4 is 0 Å². The number of aryl methyl sites for hydroxylation is 2. The second-order valence-electron chi connectivity index (χ2n) is 4.63. The van der Waals surface area contributed by atoms with E-state index in [1.807, 2.05) is 36.0 Å². The first-order valence-corrected chi connectivity index (χ1v) is 7.28. The van der Waals surface area contributed by atoms with Crippen molar-refractivity contribution in [2.24, 2.45) is 7.05 Å². The lowest BCUT2D eigenvalue weighted by atomic mass is 10.3. The van der Waals surface area contributed by atoms with E-state index in [9.17, 15) is 0 Å². The summed E-state index contributed by atoms with van der Waals surface area (Å²) in [5.74, 6) is 1.51. The second kappa shape index (κ2) is 5.46. The lowest BCUT2D eigenvalue weighted by molar-refractivity contribution is 0.657. The number of nitrogens with zero attached hydrogens (tertiary/aromatic N) is 4. The zero-order valence-corrected chi connectivity index (χ0v) is 12.6. The summed E-state index contributed by atoms with van der Waals surface area (Å²) in [5.41, 5.74) is 3.08. The van der Waals surface area contributed by atoms with Gasteiger partial charge in [0, 0.05) is 30.6 Å². The zero-order valence-electron chi connectivity index (χ0n) is 11.1. The Hall–Kier alpha value is -1.52. The predicted octanol–water partition coefficient (Wildman–Crippen LogP) is 3.25. The standard InChI is InChI=1S/C14H14Cl2N4/c1-19-11(5-7-17-19)9-20-13-8-10(16)2-3-12(13)18-14(20)4-6-15/h2-3,5,7-8H,4,6,9H2,1H3. The average molecular weight is 309 g/mol. The molecule has 0 radical (unpaired) electrons. The van der Waals surface area contributed by atoms with Gasteiger partial charge in [0.1, 0.15) is 5.82 Å². The molecule has 0 saturated carbocycles. The molecule has 0 unspecified atom stereocenters. The molecule has 0 saturated heterocycles. The van der Waals surface area contributed by atoms with Crippen molar-refractivity contribution in [2.75, 3.05) is 5.88 Å². The Morgan fingerprint density at radius 2 is 2.10 bits per heavy atom. The van der Waals surface area contributed by atoms with E-state index in [0.29, 0.717) is 17.4 Å². The fourth-order valence-electron chi connectivity index (χ4n) is 2.32. The highest BCUT2D eigenvalue weighted by Gasteiger charge is 2.12. The molecule has 0 aliphatic rings. The monoisotopic (exact) mass is 308 g/mol. The zero-order chi connectivity index (χ0) is 14.1. The molecule has 0 fully saturated rings. The van der Waals surface area contributed by atoms with Crippen LogP contribution in [0.3, 0.4) is 0 Å². The molecular formula is C14H14Cl2N4. The van der Waals surface area contributed by atoms with Crippen LogP contribution in [0.4, 0.5) is 0 Å². The van der Waals surface area contributed by atoms with Gasteiger partial charge in [-0.25, -0.2) is 4.98 Å². The van der Waals surface area contributed by atoms with Gasteiger partial charge in [-0.05, 0) is 24.3 Å². The summed E-state index contributed by atoms with van der Waals surface area (Å²) in [6.07, 6.45) is 2.52. The molecule has 0 amide bonds. The van der Waals surface area contributed by atoms with E-state index >= 15 is 0 Å². The van der Waals surface area contributed by atoms with Gasteiger partial charge in [0.05, 0.1) is 23.3 Å². The van der Waals surface area contributed by atoms with E-state index < -0.39 is 0 Å². The molecule has 6 heteroatoms. The molecule has 0 bridgehead atoms. The van der Waals surface area contributed by atoms with Crippen molar-refractivity contribution in [3.05, 3.63) is 47.0 Å². The highest BCUT2D eigenvalue weighted by Crippen LogP contribution is 2.22. The summed E-state index contributed by atoms with van der Waals surface area (Å²) >= 11 is 12.0. The Balaban J connectivity index is 2.12. The molecule has 2 heterocycles. The van der Waals surface area contributed by atoms with Crippen molar-refractivity contribution in [1.82, 2.24) is 19.3 Å². The summed E-state index contributed by atoms with van der Waals surface area (Å²) in [6, 6.07) is 7.74. The third-order valence-electron chi connectivity index (χ3n) is 3.35. The summed E-state index contributed by atoms with van der Waals surface area (Å²) in [6.45, 7) is 0.708. The van der Waals surface area contributed by atoms with E-state index in [4.69, 9.17) is 23.2 Å². The first-order chi connectivity index (χ1) is 9.69. The molecule has 0 spiro atoms. The Morgan fingerprint density at radius 1 is 1.25 bits per heavy atom. The van der Waals surface area contributed by atoms with E-state index in [0.717, 1.165) is 29.0 Å². The first-order valence-electron chi connectivity index (χ1n) is 6.36. The van der Waals surface area contributed by atoms with E-state index in [2.05, 4.69) is 14.6 Å². The minimum atomic E-state index is 0.544. The molecule has 4 nitrogen and oxygen atoms in total. The lowest BCUT2D eigenvalue weighted by Crippen LogP contribution is -2.09. The largest absolute Gasteiger partial charge is 0.322 e. The number of halogens is 2. The fraction of sp³-hybridized carbons (Fsp3) is 0.286. The lowest BCUT2D eigenvalue weighted by Gasteiger charge is -2.09. The van der Waals surface area contributed by atoms with Crippen molar-refractivity contribution in [3.63, 3.8) is 0 Å². The number of benzene rings is 1. The van der Waals surface area contributed by atoms with Crippen molar-refractivity contribution in [1.29, 1.82) is 0 Å². The highest BCUT2D eigenvalue weighted by atomic mass is 35.5. The van der Waals surface area contributed by atoms with Crippen LogP contribution in [0.25, 0.3) is 11.0 Å². The third kappa shape index (κ3) is 2.41. The van der Waals surface area contributed by atoms with Crippen LogP contribution in [-0.4, -0.2) is 25.2 Å². The molecule has 0 N–H and O–H groups in total. The smallest absolute Gasteiger partial charge is 0.111 e. The Bertz CT molecular complexity index is 745. The summed E-state index contributed by atoms with van der Waals surface area (Å²) < 4.78 is 4.02. The van der Waals surface area contributed by atoms with Crippen LogP contribution in [-0.2, 0) is 20.0 Å². The van der Waals surface area contributed by atoms with Gasteiger partial charge in [0.2, 0.25) is 0 Å². The molecule has 3 rings (SSSR count). The van der Waals surface area contributed by atoms with Gasteiger partial charge in [0.15, 0.2) is 0 Å². The first kappa shape index (κ1) is 13.5. The van der Waals surface area contributed by atoms with Crippen molar-refractivity contribution in [3.8, 4) is 0 Å². The van der Waals surface area contributed by atoms with Crippen LogP contribution >= 0.6 is 23.2 Å². The molecule has 0 aliphatic carbocycles. The summed E-state index contributed by atoms with van der Waals surface area (Å²) in [4.78, 5) is 4.64. The molecule has 0 atom stereocenters. The topological polar surface area (TPSA) is 35.6 Å². The number of alkyl halides is 1. The number of hydrogen-bond donors (Lipinski definition) is 0. The van der Waals surface area contributed by atoms with E-state index in [1.165, 1.54) is 0 Å². The van der Waals surface area contributed by atoms with E-state index in [1.54, 1.807) is 6.20 Å². The van der Waals surface area contributed by atoms with Crippen LogP contribution in [0.2, 0.25) is 5.02 Å². The van der Waals surface area contributed by atoms with Crippen LogP contribution in [0.1, 0.15) is 11.5 Å². The van der Waals surface area contributed by atoms with Gasteiger partial charge in [0.25, 0.3) is 0 Å². The van der Waals surface area contributed by atoms with Gasteiger partial charge in [-0.3, -0.25) is 4.68 Å². The fourth-order valence-corrected chi connectivity index (χ4v) is 2.65. The maximum Gasteiger partial charge on any atom is 0.111 e. The van der Waals surface area contributed by atoms with Gasteiger partial charge >= 0.3 is 0 Å². The normalized spacial score (nSPS) is 11.3. The van der Waals surface area contributed by atoms with Gasteiger partial charge in [-0.1, -0.05) is 11.6 Å². The van der Waals surface area contributed by atoms with Gasteiger partial charge < -0.3 is 4.57 Å². The predicted molar refractivity (Wildman–Crippen MR) is 81.5 cm³/mol. The molecule has 0 aliphatic heterocycles. The highest BCUT2D eigenvalue weighted by molar-refractivity contribution is 6.31. The molecular weight excluding hydrogens is 295 g/mol. The Labute approximate surface area is 126 Å². The molecule has 1 aromatic carbocycles. The summed E-state index contributed by atoms with van der Waals surface area (Å²) in [5, 5.41) is 4.91. The maximum atomic E-state index is 6.11. The number of hydrogen-bond acceptors (Lipinski definition) is 2. The number of aromatic nitrogens is 4. The van der Waals surface area contributed by atoms with Gasteiger partial charge in [-0.2, -0.15) is 5.10 Å². The third-order valence-corrected chi connectivity index (χ3v) is 3.77. The minimum Gasteiger partial charge on any atom is -0.322 e. The molecule has 20 heavy (non-hydrogen) atoms.